The molecule has 0 amide bonds. The van der Waals surface area contributed by atoms with Crippen LogP contribution < -0.4 is 0 Å². The summed E-state index contributed by atoms with van der Waals surface area (Å²) in [7, 11) is 0. The van der Waals surface area contributed by atoms with Gasteiger partial charge in [-0.05, 0) is 68.1 Å². The average Bonchev–Trinajstić information content (AvgIpc) is 3.00. The van der Waals surface area contributed by atoms with Crippen molar-refractivity contribution in [2.24, 2.45) is 28.1 Å². The minimum Gasteiger partial charge on any atom is -0.481 e. The summed E-state index contributed by atoms with van der Waals surface area (Å²) in [4.78, 5) is 24.8. The molecule has 0 spiro atoms. The molecular formula is C24H31F2O6. The first-order valence-electron chi connectivity index (χ1n) is 11.4. The number of fused-ring (bicyclic) bond motifs is 5. The number of aliphatic hydroxyl groups is 1. The Balaban J connectivity index is 1.86. The van der Waals surface area contributed by atoms with Crippen molar-refractivity contribution in [1.82, 2.24) is 0 Å². The van der Waals surface area contributed by atoms with Crippen molar-refractivity contribution < 1.29 is 38.4 Å². The molecule has 3 saturated carbocycles. The molecule has 1 radical (unpaired) electrons. The second-order valence-corrected chi connectivity index (χ2v) is 10.4. The molecule has 8 atom stereocenters. The van der Waals surface area contributed by atoms with E-state index >= 15 is 8.78 Å². The van der Waals surface area contributed by atoms with E-state index in [1.165, 1.54) is 13.0 Å². The molecule has 8 heteroatoms. The molecule has 3 fully saturated rings. The van der Waals surface area contributed by atoms with Crippen LogP contribution in [0.5, 0.6) is 0 Å². The lowest BCUT2D eigenvalue weighted by Gasteiger charge is -2.63. The Hall–Kier alpha value is -1.80. The highest BCUT2D eigenvalue weighted by Gasteiger charge is 2.75. The lowest BCUT2D eigenvalue weighted by Crippen LogP contribution is -2.69. The Morgan fingerprint density at radius 2 is 2.00 bits per heavy atom. The molecule has 4 aliphatic carbocycles. The molecule has 32 heavy (non-hydrogen) atoms. The van der Waals surface area contributed by atoms with Crippen LogP contribution in [0.4, 0.5) is 8.78 Å². The lowest BCUT2D eigenvalue weighted by atomic mass is 9.43. The molecule has 4 aliphatic rings. The van der Waals surface area contributed by atoms with Gasteiger partial charge in [-0.2, -0.15) is 5.11 Å². The first-order valence-corrected chi connectivity index (χ1v) is 11.4. The van der Waals surface area contributed by atoms with Crippen LogP contribution in [0.25, 0.3) is 0 Å². The molecular weight excluding hydrogens is 422 g/mol. The summed E-state index contributed by atoms with van der Waals surface area (Å²) in [6.07, 6.45) is 0.501. The normalized spacial score (nSPS) is 47.7. The maximum absolute atomic E-state index is 17.2. The number of hydrogen-bond acceptors (Lipinski definition) is 4. The van der Waals surface area contributed by atoms with Crippen LogP contribution in [0, 0.1) is 28.1 Å². The van der Waals surface area contributed by atoms with Crippen LogP contribution in [-0.4, -0.2) is 46.7 Å². The van der Waals surface area contributed by atoms with Crippen molar-refractivity contribution in [3.63, 3.8) is 0 Å². The van der Waals surface area contributed by atoms with E-state index in [0.717, 1.165) is 6.08 Å². The molecule has 0 bridgehead atoms. The van der Waals surface area contributed by atoms with Crippen LogP contribution in [0.3, 0.4) is 0 Å². The Morgan fingerprint density at radius 1 is 1.31 bits per heavy atom. The number of halogens is 2. The number of carboxylic acid groups (broad SMARTS) is 1. The molecule has 0 heterocycles. The number of rotatable bonds is 5. The van der Waals surface area contributed by atoms with Crippen LogP contribution in [0.1, 0.15) is 59.3 Å². The maximum Gasteiger partial charge on any atom is 0.310 e. The largest absolute Gasteiger partial charge is 0.481 e. The minimum absolute atomic E-state index is 0.0572. The van der Waals surface area contributed by atoms with Crippen molar-refractivity contribution >= 4 is 11.8 Å². The fourth-order valence-corrected chi connectivity index (χ4v) is 7.86. The number of ketones is 1. The number of hydrogen-bond donors (Lipinski definition) is 2. The van der Waals surface area contributed by atoms with E-state index in [-0.39, 0.29) is 24.2 Å². The summed E-state index contributed by atoms with van der Waals surface area (Å²) in [6, 6.07) is 0. The van der Waals surface area contributed by atoms with Gasteiger partial charge in [-0.1, -0.05) is 20.3 Å². The second-order valence-electron chi connectivity index (χ2n) is 10.4. The predicted octanol–water partition coefficient (Wildman–Crippen LogP) is 3.91. The van der Waals surface area contributed by atoms with E-state index < -0.39 is 64.6 Å². The third kappa shape index (κ3) is 2.62. The first kappa shape index (κ1) is 23.4. The SMILES string of the molecule is CCC[C@]1(C(=O)O)CCC2C3C[C@H](F)C4=CC(=O)C(OC[O])=C[C@]4(C)[C@@]3(F)[C@@H](O)C[C@@]21C. The van der Waals surface area contributed by atoms with Gasteiger partial charge in [0.05, 0.1) is 16.9 Å². The smallest absolute Gasteiger partial charge is 0.310 e. The van der Waals surface area contributed by atoms with Crippen molar-refractivity contribution in [1.29, 1.82) is 0 Å². The Bertz CT molecular complexity index is 901. The molecule has 2 N–H and O–H groups in total. The highest BCUT2D eigenvalue weighted by atomic mass is 19.1. The molecule has 177 valence electrons. The molecule has 0 aromatic carbocycles. The van der Waals surface area contributed by atoms with Crippen molar-refractivity contribution in [2.75, 3.05) is 6.79 Å². The van der Waals surface area contributed by atoms with Gasteiger partial charge in [-0.15, -0.1) is 0 Å². The predicted molar refractivity (Wildman–Crippen MR) is 109 cm³/mol. The summed E-state index contributed by atoms with van der Waals surface area (Å²) in [5, 5.41) is 32.5. The molecule has 0 aliphatic heterocycles. The standard InChI is InChI=1S/C24H31F2O6/c1-4-6-23(20(30)31)7-5-13-14-8-16(25)15-9-17(28)18(32-12-27)10-22(15,3)24(14,26)19(29)11-21(13,23)2/h9-10,13-14,16,19,29H,4-8,11-12H2,1-3H3,(H,30,31)/t13?,14?,16-,19-,21-,22-,23+,24-/m0/s1. The van der Waals surface area contributed by atoms with Crippen molar-refractivity contribution in [3.05, 3.63) is 23.5 Å². The summed E-state index contributed by atoms with van der Waals surface area (Å²) in [5.41, 5.74) is -6.07. The number of alkyl halides is 2. The average molecular weight is 454 g/mol. The first-order chi connectivity index (χ1) is 14.9. The zero-order chi connectivity index (χ0) is 23.7. The molecule has 0 saturated heterocycles. The third-order valence-electron chi connectivity index (χ3n) is 9.37. The van der Waals surface area contributed by atoms with E-state index in [0.29, 0.717) is 25.7 Å². The summed E-state index contributed by atoms with van der Waals surface area (Å²) < 4.78 is 37.6. The maximum atomic E-state index is 17.2. The number of allylic oxidation sites excluding steroid dienone is 3. The molecule has 0 aromatic heterocycles. The van der Waals surface area contributed by atoms with Crippen LogP contribution in [-0.2, 0) is 19.4 Å². The molecule has 6 nitrogen and oxygen atoms in total. The summed E-state index contributed by atoms with van der Waals surface area (Å²) in [5.74, 6) is -3.36. The van der Waals surface area contributed by atoms with Gasteiger partial charge in [0.15, 0.2) is 11.4 Å². The Kier molecular flexibility index (Phi) is 5.37. The van der Waals surface area contributed by atoms with Crippen molar-refractivity contribution in [2.45, 2.75) is 77.2 Å². The second kappa shape index (κ2) is 7.35. The third-order valence-corrected chi connectivity index (χ3v) is 9.37. The monoisotopic (exact) mass is 453 g/mol. The van der Waals surface area contributed by atoms with E-state index in [2.05, 4.69) is 0 Å². The van der Waals surface area contributed by atoms with E-state index in [9.17, 15) is 24.9 Å². The Labute approximate surface area is 186 Å². The van der Waals surface area contributed by atoms with Crippen molar-refractivity contribution in [3.8, 4) is 0 Å². The topological polar surface area (TPSA) is 104 Å². The zero-order valence-corrected chi connectivity index (χ0v) is 18.7. The number of carboxylic acids is 1. The van der Waals surface area contributed by atoms with Gasteiger partial charge in [0, 0.05) is 5.92 Å². The quantitative estimate of drug-likeness (QED) is 0.615. The molecule has 2 unspecified atom stereocenters. The molecule has 4 rings (SSSR count). The van der Waals surface area contributed by atoms with Gasteiger partial charge < -0.3 is 14.9 Å². The number of carbonyl (C=O) groups excluding carboxylic acids is 1. The lowest BCUT2D eigenvalue weighted by molar-refractivity contribution is -0.216. The summed E-state index contributed by atoms with van der Waals surface area (Å²) in [6.45, 7) is 4.11. The minimum atomic E-state index is -2.33. The van der Waals surface area contributed by atoms with Gasteiger partial charge in [-0.3, -0.25) is 9.59 Å². The van der Waals surface area contributed by atoms with Gasteiger partial charge in [0.1, 0.15) is 6.17 Å². The summed E-state index contributed by atoms with van der Waals surface area (Å²) >= 11 is 0. The van der Waals surface area contributed by atoms with Gasteiger partial charge in [-0.25, -0.2) is 8.78 Å². The van der Waals surface area contributed by atoms with E-state index in [1.807, 2.05) is 13.8 Å². The van der Waals surface area contributed by atoms with Gasteiger partial charge >= 0.3 is 5.97 Å². The highest BCUT2D eigenvalue weighted by molar-refractivity contribution is 6.04. The van der Waals surface area contributed by atoms with Gasteiger partial charge in [0.25, 0.3) is 0 Å². The fraction of sp³-hybridized carbons (Fsp3) is 0.750. The highest BCUT2D eigenvalue weighted by Crippen LogP contribution is 2.72. The number of ether oxygens (including phenoxy) is 1. The van der Waals surface area contributed by atoms with Crippen LogP contribution in [0.2, 0.25) is 0 Å². The number of aliphatic hydroxyl groups excluding tert-OH is 1. The Morgan fingerprint density at radius 3 is 2.59 bits per heavy atom. The van der Waals surface area contributed by atoms with E-state index in [1.54, 1.807) is 0 Å². The van der Waals surface area contributed by atoms with E-state index in [4.69, 9.17) is 4.74 Å². The van der Waals surface area contributed by atoms with Crippen LogP contribution >= 0.6 is 0 Å². The zero-order valence-electron chi connectivity index (χ0n) is 18.7. The number of carbonyl (C=O) groups is 2. The number of aliphatic carboxylic acids is 1. The van der Waals surface area contributed by atoms with Gasteiger partial charge in [0.2, 0.25) is 12.6 Å². The fourth-order valence-electron chi connectivity index (χ4n) is 7.86. The molecule has 0 aromatic rings. The van der Waals surface area contributed by atoms with Crippen LogP contribution in [0.15, 0.2) is 23.5 Å².